The predicted octanol–water partition coefficient (Wildman–Crippen LogP) is 8.61. The summed E-state index contributed by atoms with van der Waals surface area (Å²) in [5.74, 6) is 1.62. The number of H-pyrrole nitrogens is 2. The number of aromatic amines is 2. The molecule has 0 fully saturated rings. The van der Waals surface area contributed by atoms with Gasteiger partial charge in [-0.25, -0.2) is 34.7 Å². The number of esters is 1. The molecule has 2 aliphatic rings. The number of carbonyl (C=O) groups excluding carboxylic acids is 1. The summed E-state index contributed by atoms with van der Waals surface area (Å²) in [4.78, 5) is 50.5. The van der Waals surface area contributed by atoms with Gasteiger partial charge >= 0.3 is 5.97 Å². The van der Waals surface area contributed by atoms with E-state index in [-0.39, 0.29) is 0 Å². The highest BCUT2D eigenvalue weighted by Crippen LogP contribution is 2.37. The number of nitrogens with zero attached hydrogens (tertiary/aromatic N) is 6. The fourth-order valence-electron chi connectivity index (χ4n) is 6.63. The Morgan fingerprint density at radius 2 is 1.00 bits per heavy atom. The highest BCUT2D eigenvalue weighted by Gasteiger charge is 2.23. The van der Waals surface area contributed by atoms with Gasteiger partial charge in [0.15, 0.2) is 23.3 Å². The number of unbranched alkanes of at least 4 members (excludes halogenated alkanes) is 3. The topological polar surface area (TPSA) is 135 Å². The molecule has 2 aliphatic heterocycles. The van der Waals surface area contributed by atoms with Crippen molar-refractivity contribution in [2.75, 3.05) is 6.61 Å². The monoisotopic (exact) mass is 642 g/mol. The van der Waals surface area contributed by atoms with Crippen LogP contribution in [0.3, 0.4) is 0 Å². The molecule has 10 heteroatoms. The SMILES string of the molecule is CCCCCCOC(=O)c1cccc2c3nc4nc(nc5[nH]c(nc6nc(nc([nH]3)c12)-c1ccccc1-6)c1ccccc51)-c1ccccc1-4. The minimum absolute atomic E-state index is 0.355. The van der Waals surface area contributed by atoms with E-state index in [1.165, 1.54) is 0 Å². The average molecular weight is 643 g/mol. The van der Waals surface area contributed by atoms with Crippen LogP contribution in [0.1, 0.15) is 43.0 Å². The number of rotatable bonds is 6. The van der Waals surface area contributed by atoms with Gasteiger partial charge in [-0.3, -0.25) is 0 Å². The first-order chi connectivity index (χ1) is 24.2. The maximum absolute atomic E-state index is 13.6. The number of ether oxygens (including phenoxy) is 1. The molecule has 0 saturated heterocycles. The van der Waals surface area contributed by atoms with Crippen molar-refractivity contribution >= 4 is 50.1 Å². The van der Waals surface area contributed by atoms with Crippen molar-refractivity contribution in [3.05, 3.63) is 96.6 Å². The molecule has 7 aromatic rings. The Labute approximate surface area is 280 Å². The lowest BCUT2D eigenvalue weighted by Gasteiger charge is -2.06. The van der Waals surface area contributed by atoms with Crippen LogP contribution in [0.4, 0.5) is 0 Å². The minimum Gasteiger partial charge on any atom is -0.462 e. The molecule has 0 unspecified atom stereocenters. The summed E-state index contributed by atoms with van der Waals surface area (Å²) in [5, 5.41) is 3.15. The van der Waals surface area contributed by atoms with Crippen molar-refractivity contribution < 1.29 is 9.53 Å². The van der Waals surface area contributed by atoms with Gasteiger partial charge in [0.1, 0.15) is 22.6 Å². The van der Waals surface area contributed by atoms with Gasteiger partial charge in [0.25, 0.3) is 0 Å². The van der Waals surface area contributed by atoms with Gasteiger partial charge in [0.05, 0.1) is 12.2 Å². The first-order valence-electron chi connectivity index (χ1n) is 16.6. The molecule has 0 radical (unpaired) electrons. The van der Waals surface area contributed by atoms with E-state index >= 15 is 0 Å². The van der Waals surface area contributed by atoms with Gasteiger partial charge in [-0.05, 0) is 12.5 Å². The van der Waals surface area contributed by atoms with Gasteiger partial charge in [-0.15, -0.1) is 0 Å². The Morgan fingerprint density at radius 1 is 0.531 bits per heavy atom. The first kappa shape index (κ1) is 28.9. The zero-order valence-corrected chi connectivity index (χ0v) is 26.7. The molecular formula is C39H30N8O2. The van der Waals surface area contributed by atoms with Gasteiger partial charge in [0, 0.05) is 43.8 Å². The largest absolute Gasteiger partial charge is 0.462 e. The molecule has 10 nitrogen and oxygen atoms in total. The molecule has 2 N–H and O–H groups in total. The van der Waals surface area contributed by atoms with Crippen molar-refractivity contribution in [2.24, 2.45) is 0 Å². The Bertz CT molecular complexity index is 2620. The molecule has 8 bridgehead atoms. The number of fused-ring (bicyclic) bond motifs is 20. The summed E-state index contributed by atoms with van der Waals surface area (Å²) in [6.45, 7) is 2.51. The normalized spacial score (nSPS) is 11.9. The van der Waals surface area contributed by atoms with Crippen LogP contribution in [0.5, 0.6) is 0 Å². The van der Waals surface area contributed by atoms with E-state index in [9.17, 15) is 4.79 Å². The molecular weight excluding hydrogens is 612 g/mol. The Balaban J connectivity index is 1.38. The molecule has 9 rings (SSSR count). The molecule has 4 aromatic carbocycles. The molecule has 3 aromatic heterocycles. The zero-order chi connectivity index (χ0) is 32.9. The van der Waals surface area contributed by atoms with E-state index in [1.54, 1.807) is 6.07 Å². The van der Waals surface area contributed by atoms with Crippen LogP contribution >= 0.6 is 0 Å². The Morgan fingerprint density at radius 3 is 1.55 bits per heavy atom. The van der Waals surface area contributed by atoms with Crippen molar-refractivity contribution in [1.29, 1.82) is 0 Å². The second kappa shape index (κ2) is 11.7. The lowest BCUT2D eigenvalue weighted by molar-refractivity contribution is 0.0500. The third-order valence-corrected chi connectivity index (χ3v) is 9.03. The molecule has 5 heterocycles. The lowest BCUT2D eigenvalue weighted by Crippen LogP contribution is -2.07. The molecule has 238 valence electrons. The third-order valence-electron chi connectivity index (χ3n) is 9.03. The third kappa shape index (κ3) is 4.91. The van der Waals surface area contributed by atoms with Crippen molar-refractivity contribution in [1.82, 2.24) is 39.9 Å². The van der Waals surface area contributed by atoms with Gasteiger partial charge in [0.2, 0.25) is 0 Å². The van der Waals surface area contributed by atoms with E-state index in [0.717, 1.165) is 64.1 Å². The minimum atomic E-state index is -0.404. The summed E-state index contributed by atoms with van der Waals surface area (Å²) in [6, 6.07) is 29.3. The van der Waals surface area contributed by atoms with Crippen LogP contribution in [0, 0.1) is 0 Å². The second-order valence-corrected chi connectivity index (χ2v) is 12.2. The molecule has 0 aliphatic carbocycles. The van der Waals surface area contributed by atoms with E-state index < -0.39 is 5.97 Å². The smallest absolute Gasteiger partial charge is 0.338 e. The van der Waals surface area contributed by atoms with Crippen molar-refractivity contribution in [2.45, 2.75) is 32.6 Å². The summed E-state index contributed by atoms with van der Waals surface area (Å²) in [6.07, 6.45) is 4.04. The first-order valence-corrected chi connectivity index (χ1v) is 16.6. The maximum Gasteiger partial charge on any atom is 0.338 e. The quantitative estimate of drug-likeness (QED) is 0.136. The molecule has 0 atom stereocenters. The predicted molar refractivity (Wildman–Crippen MR) is 190 cm³/mol. The number of hydrogen-bond acceptors (Lipinski definition) is 8. The number of nitrogens with one attached hydrogen (secondary N) is 2. The van der Waals surface area contributed by atoms with E-state index in [2.05, 4.69) is 16.9 Å². The second-order valence-electron chi connectivity index (χ2n) is 12.2. The maximum atomic E-state index is 13.6. The summed E-state index contributed by atoms with van der Waals surface area (Å²) in [7, 11) is 0. The number of aromatic nitrogens is 8. The molecule has 0 amide bonds. The summed E-state index contributed by atoms with van der Waals surface area (Å²) in [5.41, 5.74) is 6.04. The van der Waals surface area contributed by atoms with Crippen LogP contribution in [-0.2, 0) is 4.74 Å². The van der Waals surface area contributed by atoms with Crippen LogP contribution in [0.2, 0.25) is 0 Å². The number of benzene rings is 4. The van der Waals surface area contributed by atoms with Crippen molar-refractivity contribution in [3.8, 4) is 45.6 Å². The molecule has 0 saturated carbocycles. The van der Waals surface area contributed by atoms with Crippen LogP contribution in [0.25, 0.3) is 89.7 Å². The lowest BCUT2D eigenvalue weighted by atomic mass is 10.1. The van der Waals surface area contributed by atoms with Gasteiger partial charge < -0.3 is 14.7 Å². The average Bonchev–Trinajstić information content (AvgIpc) is 3.87. The fourth-order valence-corrected chi connectivity index (χ4v) is 6.63. The number of hydrogen-bond donors (Lipinski definition) is 2. The van der Waals surface area contributed by atoms with E-state index in [1.807, 2.05) is 84.9 Å². The zero-order valence-electron chi connectivity index (χ0n) is 26.7. The molecule has 49 heavy (non-hydrogen) atoms. The summed E-state index contributed by atoms with van der Waals surface area (Å²) >= 11 is 0. The standard InChI is InChI=1S/C39H30N8O2/c1-2-3-4-11-21-49-39(48)29-20-12-19-28-30(29)38-46-36-27-18-10-9-17-26(27)34(44-36)42-32-23-14-6-5-13-22(23)31(40-32)41-33-24-15-7-8-16-25(24)35(43-33)45-37(28)47-38/h5-10,12-20H,2-4,11,21H2,1H3,(H2,40,41,42,43,44,45,46,47). The van der Waals surface area contributed by atoms with Crippen molar-refractivity contribution in [3.63, 3.8) is 0 Å². The highest BCUT2D eigenvalue weighted by atomic mass is 16.5. The fraction of sp³-hybridized carbons (Fsp3) is 0.154. The van der Waals surface area contributed by atoms with Gasteiger partial charge in [-0.2, -0.15) is 0 Å². The van der Waals surface area contributed by atoms with E-state index in [0.29, 0.717) is 63.4 Å². The van der Waals surface area contributed by atoms with Crippen LogP contribution in [-0.4, -0.2) is 52.4 Å². The molecule has 0 spiro atoms. The Kier molecular flexibility index (Phi) is 6.93. The summed E-state index contributed by atoms with van der Waals surface area (Å²) < 4.78 is 5.77. The number of carbonyl (C=O) groups is 1. The Hall–Kier alpha value is -6.29. The highest BCUT2D eigenvalue weighted by molar-refractivity contribution is 6.15. The van der Waals surface area contributed by atoms with Crippen LogP contribution < -0.4 is 0 Å². The van der Waals surface area contributed by atoms with Crippen LogP contribution in [0.15, 0.2) is 91.0 Å². The van der Waals surface area contributed by atoms with E-state index in [4.69, 9.17) is 34.6 Å². The van der Waals surface area contributed by atoms with Gasteiger partial charge in [-0.1, -0.05) is 111 Å².